The SMILES string of the molecule is CC(C)(C)OC(=O)N1C[C@@H](O)[C@@H](O)C[C@@H]2OC(c3ccccc3)OC[C@H]21. The van der Waals surface area contributed by atoms with Crippen LogP contribution in [0.15, 0.2) is 30.3 Å². The lowest BCUT2D eigenvalue weighted by Crippen LogP contribution is -2.54. The van der Waals surface area contributed by atoms with Gasteiger partial charge in [-0.3, -0.25) is 4.90 Å². The Hall–Kier alpha value is -1.67. The van der Waals surface area contributed by atoms with Crippen LogP contribution in [-0.4, -0.2) is 64.3 Å². The van der Waals surface area contributed by atoms with Crippen molar-refractivity contribution >= 4 is 6.09 Å². The summed E-state index contributed by atoms with van der Waals surface area (Å²) in [4.78, 5) is 14.0. The van der Waals surface area contributed by atoms with Gasteiger partial charge in [0.25, 0.3) is 0 Å². The quantitative estimate of drug-likeness (QED) is 0.789. The summed E-state index contributed by atoms with van der Waals surface area (Å²) in [6.07, 6.45) is -3.41. The molecule has 1 unspecified atom stereocenters. The summed E-state index contributed by atoms with van der Waals surface area (Å²) in [5.41, 5.74) is 0.208. The van der Waals surface area contributed by atoms with Gasteiger partial charge in [0, 0.05) is 12.0 Å². The summed E-state index contributed by atoms with van der Waals surface area (Å²) in [6.45, 7) is 5.56. The maximum absolute atomic E-state index is 12.6. The standard InChI is InChI=1S/C19H27NO6/c1-19(2,3)26-18(23)20-10-15(22)14(21)9-16-13(20)11-24-17(25-16)12-7-5-4-6-8-12/h4-8,13-17,21-22H,9-11H2,1-3H3/t13-,14+,15-,16+,17?/m1/s1. The van der Waals surface area contributed by atoms with Gasteiger partial charge in [0.15, 0.2) is 6.29 Å². The van der Waals surface area contributed by atoms with Crippen molar-refractivity contribution in [2.24, 2.45) is 0 Å². The van der Waals surface area contributed by atoms with Crippen LogP contribution in [0.3, 0.4) is 0 Å². The average Bonchev–Trinajstić information content (AvgIpc) is 2.70. The number of hydrogen-bond acceptors (Lipinski definition) is 6. The smallest absolute Gasteiger partial charge is 0.410 e. The Labute approximate surface area is 153 Å². The fourth-order valence-electron chi connectivity index (χ4n) is 3.25. The van der Waals surface area contributed by atoms with Crippen LogP contribution in [0.25, 0.3) is 0 Å². The first-order chi connectivity index (χ1) is 12.2. The third-order valence-corrected chi connectivity index (χ3v) is 4.55. The van der Waals surface area contributed by atoms with Crippen LogP contribution in [0.2, 0.25) is 0 Å². The number of carbonyl (C=O) groups is 1. The van der Waals surface area contributed by atoms with E-state index in [2.05, 4.69) is 0 Å². The van der Waals surface area contributed by atoms with Crippen molar-refractivity contribution in [3.63, 3.8) is 0 Å². The van der Waals surface area contributed by atoms with E-state index in [4.69, 9.17) is 14.2 Å². The van der Waals surface area contributed by atoms with Crippen molar-refractivity contribution in [1.82, 2.24) is 4.90 Å². The molecular weight excluding hydrogens is 338 g/mol. The molecular formula is C19H27NO6. The number of likely N-dealkylation sites (tertiary alicyclic amines) is 1. The molecule has 144 valence electrons. The molecule has 2 aliphatic heterocycles. The van der Waals surface area contributed by atoms with Crippen LogP contribution in [0.4, 0.5) is 4.79 Å². The lowest BCUT2D eigenvalue weighted by Gasteiger charge is -2.41. The van der Waals surface area contributed by atoms with Crippen molar-refractivity contribution in [3.05, 3.63) is 35.9 Å². The van der Waals surface area contributed by atoms with Gasteiger partial charge in [0.1, 0.15) is 5.60 Å². The molecule has 26 heavy (non-hydrogen) atoms. The van der Waals surface area contributed by atoms with Crippen LogP contribution in [0, 0.1) is 0 Å². The molecule has 7 nitrogen and oxygen atoms in total. The summed E-state index contributed by atoms with van der Waals surface area (Å²) in [5.74, 6) is 0. The van der Waals surface area contributed by atoms with Crippen LogP contribution >= 0.6 is 0 Å². The third-order valence-electron chi connectivity index (χ3n) is 4.55. The molecule has 1 aromatic carbocycles. The molecule has 2 fully saturated rings. The molecule has 1 aromatic rings. The minimum absolute atomic E-state index is 0.0278. The molecule has 3 rings (SSSR count). The minimum atomic E-state index is -1.06. The zero-order chi connectivity index (χ0) is 18.9. The third kappa shape index (κ3) is 4.35. The maximum Gasteiger partial charge on any atom is 0.410 e. The number of rotatable bonds is 1. The van der Waals surface area contributed by atoms with Gasteiger partial charge in [-0.1, -0.05) is 30.3 Å². The predicted molar refractivity (Wildman–Crippen MR) is 93.4 cm³/mol. The van der Waals surface area contributed by atoms with Gasteiger partial charge < -0.3 is 24.4 Å². The van der Waals surface area contributed by atoms with Gasteiger partial charge in [-0.05, 0) is 20.8 Å². The van der Waals surface area contributed by atoms with E-state index in [1.54, 1.807) is 20.8 Å². The summed E-state index contributed by atoms with van der Waals surface area (Å²) >= 11 is 0. The topological polar surface area (TPSA) is 88.5 Å². The normalized spacial score (nSPS) is 32.5. The van der Waals surface area contributed by atoms with E-state index in [9.17, 15) is 15.0 Å². The highest BCUT2D eigenvalue weighted by Gasteiger charge is 2.45. The van der Waals surface area contributed by atoms with E-state index >= 15 is 0 Å². The maximum atomic E-state index is 12.6. The number of aliphatic hydroxyl groups excluding tert-OH is 2. The van der Waals surface area contributed by atoms with Gasteiger partial charge in [0.2, 0.25) is 0 Å². The number of benzene rings is 1. The summed E-state index contributed by atoms with van der Waals surface area (Å²) in [6, 6.07) is 9.07. The second kappa shape index (κ2) is 7.52. The molecule has 2 N–H and O–H groups in total. The van der Waals surface area contributed by atoms with E-state index in [1.807, 2.05) is 30.3 Å². The average molecular weight is 365 g/mol. The summed E-state index contributed by atoms with van der Waals surface area (Å²) in [5, 5.41) is 20.4. The Bertz CT molecular complexity index is 616. The van der Waals surface area contributed by atoms with Gasteiger partial charge >= 0.3 is 6.09 Å². The zero-order valence-corrected chi connectivity index (χ0v) is 15.4. The Morgan fingerprint density at radius 2 is 1.88 bits per heavy atom. The molecule has 0 bridgehead atoms. The molecule has 0 aliphatic carbocycles. The molecule has 0 aromatic heterocycles. The Balaban J connectivity index is 1.80. The first-order valence-electron chi connectivity index (χ1n) is 8.92. The zero-order valence-electron chi connectivity index (χ0n) is 15.4. The molecule has 2 saturated heterocycles. The van der Waals surface area contributed by atoms with Crippen LogP contribution in [-0.2, 0) is 14.2 Å². The van der Waals surface area contributed by atoms with Gasteiger partial charge in [0.05, 0.1) is 37.5 Å². The fourth-order valence-corrected chi connectivity index (χ4v) is 3.25. The molecule has 5 atom stereocenters. The van der Waals surface area contributed by atoms with Crippen LogP contribution in [0.1, 0.15) is 39.0 Å². The van der Waals surface area contributed by atoms with Crippen molar-refractivity contribution in [1.29, 1.82) is 0 Å². The van der Waals surface area contributed by atoms with Crippen molar-refractivity contribution in [2.45, 2.75) is 63.4 Å². The number of carbonyl (C=O) groups excluding carboxylic acids is 1. The number of fused-ring (bicyclic) bond motifs is 1. The van der Waals surface area contributed by atoms with Crippen molar-refractivity contribution < 1.29 is 29.2 Å². The van der Waals surface area contributed by atoms with Gasteiger partial charge in [-0.25, -0.2) is 4.79 Å². The second-order valence-electron chi connectivity index (χ2n) is 7.82. The minimum Gasteiger partial charge on any atom is -0.444 e. The van der Waals surface area contributed by atoms with E-state index in [1.165, 1.54) is 4.90 Å². The van der Waals surface area contributed by atoms with Gasteiger partial charge in [-0.2, -0.15) is 0 Å². The number of aliphatic hydroxyl groups is 2. The molecule has 0 radical (unpaired) electrons. The van der Waals surface area contributed by atoms with E-state index < -0.39 is 42.3 Å². The Morgan fingerprint density at radius 3 is 2.54 bits per heavy atom. The lowest BCUT2D eigenvalue weighted by molar-refractivity contribution is -0.243. The highest BCUT2D eigenvalue weighted by atomic mass is 16.7. The van der Waals surface area contributed by atoms with Crippen molar-refractivity contribution in [2.75, 3.05) is 13.2 Å². The number of hydrogen-bond donors (Lipinski definition) is 2. The number of ether oxygens (including phenoxy) is 3. The first kappa shape index (κ1) is 19.1. The highest BCUT2D eigenvalue weighted by Crippen LogP contribution is 2.33. The van der Waals surface area contributed by atoms with Crippen LogP contribution < -0.4 is 0 Å². The summed E-state index contributed by atoms with van der Waals surface area (Å²) in [7, 11) is 0. The molecule has 0 saturated carbocycles. The van der Waals surface area contributed by atoms with Gasteiger partial charge in [-0.15, -0.1) is 0 Å². The Morgan fingerprint density at radius 1 is 1.19 bits per heavy atom. The largest absolute Gasteiger partial charge is 0.444 e. The lowest BCUT2D eigenvalue weighted by atomic mass is 10.0. The second-order valence-corrected chi connectivity index (χ2v) is 7.82. The number of amides is 1. The van der Waals surface area contributed by atoms with Crippen molar-refractivity contribution in [3.8, 4) is 0 Å². The van der Waals surface area contributed by atoms with Crippen LogP contribution in [0.5, 0.6) is 0 Å². The molecule has 7 heteroatoms. The predicted octanol–water partition coefficient (Wildman–Crippen LogP) is 1.83. The van der Waals surface area contributed by atoms with E-state index in [0.717, 1.165) is 5.56 Å². The fraction of sp³-hybridized carbons (Fsp3) is 0.632. The highest BCUT2D eigenvalue weighted by molar-refractivity contribution is 5.69. The molecule has 1 amide bonds. The van der Waals surface area contributed by atoms with E-state index in [0.29, 0.717) is 0 Å². The van der Waals surface area contributed by atoms with E-state index in [-0.39, 0.29) is 19.6 Å². The number of nitrogens with zero attached hydrogens (tertiary/aromatic N) is 1. The molecule has 2 aliphatic rings. The molecule has 2 heterocycles. The molecule has 0 spiro atoms. The first-order valence-corrected chi connectivity index (χ1v) is 8.92. The monoisotopic (exact) mass is 365 g/mol. The summed E-state index contributed by atoms with van der Waals surface area (Å²) < 4.78 is 17.3. The Kier molecular flexibility index (Phi) is 5.53. The number of β-amino-alcohol motifs (C(OH)–C–C–N with tert-alkyl or cyclic N) is 1.